The normalized spacial score (nSPS) is 23.2. The van der Waals surface area contributed by atoms with E-state index in [1.165, 1.54) is 24.8 Å². The maximum Gasteiger partial charge on any atom is 0.151 e. The molecular weight excluding hydrogens is 346 g/mol. The number of aromatic nitrogens is 1. The quantitative estimate of drug-likeness (QED) is 0.893. The van der Waals surface area contributed by atoms with Crippen LogP contribution in [0.4, 0.5) is 5.82 Å². The molecule has 2 aliphatic rings. The highest BCUT2D eigenvalue weighted by atomic mass is 32.2. The summed E-state index contributed by atoms with van der Waals surface area (Å²) in [5.74, 6) is 1.66. The molecule has 0 amide bonds. The molecule has 0 bridgehead atoms. The Balaban J connectivity index is 1.59. The fraction of sp³-hybridized carbons (Fsp3) is 0.550. The average molecular weight is 374 g/mol. The van der Waals surface area contributed by atoms with E-state index >= 15 is 0 Å². The van der Waals surface area contributed by atoms with Crippen molar-refractivity contribution in [3.63, 3.8) is 0 Å². The van der Waals surface area contributed by atoms with Crippen molar-refractivity contribution in [1.82, 2.24) is 10.3 Å². The van der Waals surface area contributed by atoms with Crippen LogP contribution in [0.2, 0.25) is 0 Å². The van der Waals surface area contributed by atoms with Crippen molar-refractivity contribution < 1.29 is 8.42 Å². The van der Waals surface area contributed by atoms with Crippen LogP contribution in [-0.2, 0) is 16.4 Å². The van der Waals surface area contributed by atoms with Gasteiger partial charge in [0.15, 0.2) is 9.84 Å². The summed E-state index contributed by atoms with van der Waals surface area (Å²) in [5, 5.41) is 4.63. The number of hydrogen-bond donors (Lipinski definition) is 1. The second-order valence-corrected chi connectivity index (χ2v) is 9.77. The van der Waals surface area contributed by atoms with Gasteiger partial charge in [0, 0.05) is 36.6 Å². The molecule has 26 heavy (non-hydrogen) atoms. The molecular formula is C20H27N3O2S. The van der Waals surface area contributed by atoms with Gasteiger partial charge < -0.3 is 10.2 Å². The van der Waals surface area contributed by atoms with Gasteiger partial charge in [-0.3, -0.25) is 0 Å². The molecule has 1 unspecified atom stereocenters. The van der Waals surface area contributed by atoms with E-state index in [1.54, 1.807) is 0 Å². The second-order valence-electron chi connectivity index (χ2n) is 7.55. The smallest absolute Gasteiger partial charge is 0.151 e. The van der Waals surface area contributed by atoms with Crippen molar-refractivity contribution in [2.75, 3.05) is 29.5 Å². The van der Waals surface area contributed by atoms with Gasteiger partial charge in [-0.05, 0) is 44.2 Å². The van der Waals surface area contributed by atoms with Gasteiger partial charge in [0.05, 0.1) is 17.0 Å². The molecule has 2 saturated heterocycles. The molecule has 0 spiro atoms. The first-order valence-electron chi connectivity index (χ1n) is 9.68. The molecule has 2 fully saturated rings. The lowest BCUT2D eigenvalue weighted by Crippen LogP contribution is -2.40. The van der Waals surface area contributed by atoms with Gasteiger partial charge >= 0.3 is 0 Å². The van der Waals surface area contributed by atoms with Crippen LogP contribution in [-0.4, -0.2) is 44.0 Å². The molecule has 1 atom stereocenters. The van der Waals surface area contributed by atoms with Gasteiger partial charge in [0.2, 0.25) is 0 Å². The Morgan fingerprint density at radius 1 is 1.12 bits per heavy atom. The monoisotopic (exact) mass is 373 g/mol. The third-order valence-electron chi connectivity index (χ3n) is 5.48. The predicted molar refractivity (Wildman–Crippen MR) is 106 cm³/mol. The minimum Gasteiger partial charge on any atom is -0.356 e. The molecule has 0 radical (unpaired) electrons. The fourth-order valence-corrected chi connectivity index (χ4v) is 5.77. The first-order chi connectivity index (χ1) is 12.6. The Hall–Kier alpha value is -1.66. The number of fused-ring (bicyclic) bond motifs is 1. The Bertz CT molecular complexity index is 876. The van der Waals surface area contributed by atoms with Gasteiger partial charge in [-0.1, -0.05) is 18.2 Å². The van der Waals surface area contributed by atoms with E-state index < -0.39 is 9.84 Å². The zero-order valence-corrected chi connectivity index (χ0v) is 16.0. The van der Waals surface area contributed by atoms with Gasteiger partial charge in [-0.25, -0.2) is 13.4 Å². The third-order valence-corrected chi connectivity index (χ3v) is 7.30. The Labute approximate surface area is 155 Å². The zero-order chi connectivity index (χ0) is 18.0. The molecule has 2 aromatic rings. The van der Waals surface area contributed by atoms with Crippen molar-refractivity contribution >= 4 is 26.6 Å². The molecule has 140 valence electrons. The van der Waals surface area contributed by atoms with Crippen molar-refractivity contribution in [2.24, 2.45) is 0 Å². The Kier molecular flexibility index (Phi) is 5.14. The largest absolute Gasteiger partial charge is 0.356 e. The minimum atomic E-state index is -2.89. The maximum absolute atomic E-state index is 11.9. The molecule has 4 rings (SSSR count). The third kappa shape index (κ3) is 4.01. The van der Waals surface area contributed by atoms with Gasteiger partial charge in [0.25, 0.3) is 0 Å². The van der Waals surface area contributed by atoms with E-state index in [1.807, 2.05) is 12.1 Å². The number of anilines is 1. The van der Waals surface area contributed by atoms with Crippen molar-refractivity contribution in [1.29, 1.82) is 0 Å². The Morgan fingerprint density at radius 3 is 2.73 bits per heavy atom. The number of para-hydroxylation sites is 1. The van der Waals surface area contributed by atoms with E-state index in [0.717, 1.165) is 42.7 Å². The zero-order valence-electron chi connectivity index (χ0n) is 15.2. The summed E-state index contributed by atoms with van der Waals surface area (Å²) in [6.45, 7) is 2.77. The van der Waals surface area contributed by atoms with E-state index in [-0.39, 0.29) is 11.8 Å². The van der Waals surface area contributed by atoms with E-state index in [4.69, 9.17) is 4.98 Å². The lowest BCUT2D eigenvalue weighted by molar-refractivity contribution is 0.479. The Morgan fingerprint density at radius 2 is 1.92 bits per heavy atom. The first-order valence-corrected chi connectivity index (χ1v) is 11.5. The average Bonchev–Trinajstić information content (AvgIpc) is 2.65. The molecule has 2 aliphatic heterocycles. The number of piperidine rings is 1. The molecule has 1 aromatic heterocycles. The standard InChI is InChI=1S/C20H27N3O2S/c24-26(25)12-6-8-18(15-26)21-14-17-13-16-7-2-3-9-19(16)22-20(17)23-10-4-1-5-11-23/h2-3,7,9,13,18,21H,1,4-6,8,10-12,14-15H2. The van der Waals surface area contributed by atoms with Gasteiger partial charge in [-0.15, -0.1) is 0 Å². The van der Waals surface area contributed by atoms with Crippen LogP contribution in [0, 0.1) is 0 Å². The van der Waals surface area contributed by atoms with Crippen molar-refractivity contribution in [3.8, 4) is 0 Å². The number of pyridine rings is 1. The predicted octanol–water partition coefficient (Wildman–Crippen LogP) is 2.89. The molecule has 1 aromatic carbocycles. The number of nitrogens with zero attached hydrogens (tertiary/aromatic N) is 2. The lowest BCUT2D eigenvalue weighted by Gasteiger charge is -2.30. The van der Waals surface area contributed by atoms with Gasteiger partial charge in [0.1, 0.15) is 5.82 Å². The molecule has 1 N–H and O–H groups in total. The number of sulfone groups is 1. The van der Waals surface area contributed by atoms with Gasteiger partial charge in [-0.2, -0.15) is 0 Å². The minimum absolute atomic E-state index is 0.0504. The molecule has 0 aliphatic carbocycles. The summed E-state index contributed by atoms with van der Waals surface area (Å²) in [4.78, 5) is 7.35. The van der Waals surface area contributed by atoms with E-state index in [2.05, 4.69) is 28.4 Å². The van der Waals surface area contributed by atoms with Crippen LogP contribution in [0.15, 0.2) is 30.3 Å². The van der Waals surface area contributed by atoms with Crippen LogP contribution in [0.1, 0.15) is 37.7 Å². The molecule has 6 heteroatoms. The van der Waals surface area contributed by atoms with Crippen molar-refractivity contribution in [3.05, 3.63) is 35.9 Å². The van der Waals surface area contributed by atoms with Crippen LogP contribution < -0.4 is 10.2 Å². The number of benzene rings is 1. The summed E-state index contributed by atoms with van der Waals surface area (Å²) in [5.41, 5.74) is 2.20. The maximum atomic E-state index is 11.9. The fourth-order valence-electron chi connectivity index (χ4n) is 4.10. The summed E-state index contributed by atoms with van der Waals surface area (Å²) >= 11 is 0. The summed E-state index contributed by atoms with van der Waals surface area (Å²) in [7, 11) is -2.89. The first kappa shape index (κ1) is 17.7. The highest BCUT2D eigenvalue weighted by Crippen LogP contribution is 2.26. The molecule has 0 saturated carbocycles. The highest BCUT2D eigenvalue weighted by Gasteiger charge is 2.25. The van der Waals surface area contributed by atoms with E-state index in [0.29, 0.717) is 12.3 Å². The second kappa shape index (κ2) is 7.53. The van der Waals surface area contributed by atoms with Crippen LogP contribution in [0.5, 0.6) is 0 Å². The molecule has 3 heterocycles. The van der Waals surface area contributed by atoms with Crippen LogP contribution in [0.3, 0.4) is 0 Å². The topological polar surface area (TPSA) is 62.3 Å². The van der Waals surface area contributed by atoms with Crippen molar-refractivity contribution in [2.45, 2.75) is 44.7 Å². The summed E-state index contributed by atoms with van der Waals surface area (Å²) in [6.07, 6.45) is 5.40. The van der Waals surface area contributed by atoms with E-state index in [9.17, 15) is 8.42 Å². The lowest BCUT2D eigenvalue weighted by atomic mass is 10.1. The van der Waals surface area contributed by atoms with Crippen LogP contribution in [0.25, 0.3) is 10.9 Å². The number of nitrogens with one attached hydrogen (secondary N) is 1. The highest BCUT2D eigenvalue weighted by molar-refractivity contribution is 7.91. The summed E-state index contributed by atoms with van der Waals surface area (Å²) < 4.78 is 23.8. The number of hydrogen-bond acceptors (Lipinski definition) is 5. The summed E-state index contributed by atoms with van der Waals surface area (Å²) in [6, 6.07) is 10.5. The number of rotatable bonds is 4. The SMILES string of the molecule is O=S1(=O)CCCC(NCc2cc3ccccc3nc2N2CCCCC2)C1. The van der Waals surface area contributed by atoms with Crippen LogP contribution >= 0.6 is 0 Å². The molecule has 5 nitrogen and oxygen atoms in total.